The van der Waals surface area contributed by atoms with E-state index in [1.54, 1.807) is 4.68 Å². The highest BCUT2D eigenvalue weighted by Gasteiger charge is 2.29. The van der Waals surface area contributed by atoms with Gasteiger partial charge in [-0.3, -0.25) is 9.48 Å². The minimum atomic E-state index is -0.145. The van der Waals surface area contributed by atoms with Crippen LogP contribution in [0.1, 0.15) is 38.8 Å². The number of rotatable bonds is 5. The largest absolute Gasteiger partial charge is 0.474 e. The molecule has 2 saturated heterocycles. The lowest BCUT2D eigenvalue weighted by Gasteiger charge is -2.22. The summed E-state index contributed by atoms with van der Waals surface area (Å²) in [5, 5.41) is 12.8. The molecule has 30 heavy (non-hydrogen) atoms. The molecule has 0 bridgehead atoms. The lowest BCUT2D eigenvalue weighted by molar-refractivity contribution is -0.119. The van der Waals surface area contributed by atoms with Crippen LogP contribution in [-0.2, 0) is 16.6 Å². The molecule has 3 aromatic heterocycles. The second-order valence-electron chi connectivity index (χ2n) is 8.17. The first-order chi connectivity index (χ1) is 14.6. The van der Waals surface area contributed by atoms with Crippen molar-refractivity contribution in [2.24, 2.45) is 13.0 Å². The zero-order valence-electron chi connectivity index (χ0n) is 17.2. The van der Waals surface area contributed by atoms with E-state index in [2.05, 4.69) is 15.5 Å². The molecule has 9 nitrogen and oxygen atoms in total. The van der Waals surface area contributed by atoms with Crippen LogP contribution in [0.15, 0.2) is 24.7 Å². The van der Waals surface area contributed by atoms with Crippen LogP contribution < -0.4 is 10.1 Å². The van der Waals surface area contributed by atoms with E-state index in [1.807, 2.05) is 43.3 Å². The molecule has 9 heteroatoms. The fraction of sp³-hybridized carbons (Fsp3) is 0.524. The SMILES string of the molecule is CC(Oc1nc(-c2cnn(C3CCCCO3)c2)cc2nn(C)cc12)C1CNC(=O)C1. The van der Waals surface area contributed by atoms with Gasteiger partial charge in [0, 0.05) is 50.5 Å². The summed E-state index contributed by atoms with van der Waals surface area (Å²) in [5.74, 6) is 0.728. The molecule has 5 rings (SSSR count). The molecule has 3 unspecified atom stereocenters. The maximum absolute atomic E-state index is 11.6. The minimum Gasteiger partial charge on any atom is -0.474 e. The first-order valence-electron chi connectivity index (χ1n) is 10.5. The summed E-state index contributed by atoms with van der Waals surface area (Å²) in [6.45, 7) is 3.39. The topological polar surface area (TPSA) is 96.1 Å². The molecule has 3 aromatic rings. The van der Waals surface area contributed by atoms with Crippen LogP contribution in [0.2, 0.25) is 0 Å². The summed E-state index contributed by atoms with van der Waals surface area (Å²) >= 11 is 0. The summed E-state index contributed by atoms with van der Waals surface area (Å²) in [6, 6.07) is 1.95. The van der Waals surface area contributed by atoms with Gasteiger partial charge in [0.1, 0.15) is 12.3 Å². The predicted molar refractivity (Wildman–Crippen MR) is 110 cm³/mol. The number of nitrogens with zero attached hydrogens (tertiary/aromatic N) is 5. The van der Waals surface area contributed by atoms with Gasteiger partial charge in [0.05, 0.1) is 22.8 Å². The number of carbonyl (C=O) groups excluding carboxylic acids is 1. The summed E-state index contributed by atoms with van der Waals surface area (Å²) in [7, 11) is 1.88. The number of nitrogens with one attached hydrogen (secondary N) is 1. The van der Waals surface area contributed by atoms with E-state index in [4.69, 9.17) is 14.5 Å². The maximum Gasteiger partial charge on any atom is 0.225 e. The fourth-order valence-electron chi connectivity index (χ4n) is 4.14. The molecular weight excluding hydrogens is 384 g/mol. The van der Waals surface area contributed by atoms with Crippen molar-refractivity contribution in [3.63, 3.8) is 0 Å². The highest BCUT2D eigenvalue weighted by molar-refractivity contribution is 5.86. The predicted octanol–water partition coefficient (Wildman–Crippen LogP) is 2.43. The van der Waals surface area contributed by atoms with Crippen molar-refractivity contribution in [3.05, 3.63) is 24.7 Å². The van der Waals surface area contributed by atoms with Crippen molar-refractivity contribution in [3.8, 4) is 17.1 Å². The zero-order chi connectivity index (χ0) is 20.7. The van der Waals surface area contributed by atoms with Gasteiger partial charge in [0.2, 0.25) is 11.8 Å². The molecule has 158 valence electrons. The quantitative estimate of drug-likeness (QED) is 0.694. The molecule has 1 N–H and O–H groups in total. The van der Waals surface area contributed by atoms with Crippen LogP contribution in [0.3, 0.4) is 0 Å². The van der Waals surface area contributed by atoms with Crippen molar-refractivity contribution in [1.82, 2.24) is 29.9 Å². The first kappa shape index (κ1) is 19.0. The first-order valence-corrected chi connectivity index (χ1v) is 10.5. The van der Waals surface area contributed by atoms with Crippen LogP contribution in [0.4, 0.5) is 0 Å². The molecule has 1 amide bonds. The smallest absolute Gasteiger partial charge is 0.225 e. The monoisotopic (exact) mass is 410 g/mol. The van der Waals surface area contributed by atoms with E-state index in [1.165, 1.54) is 0 Å². The number of hydrogen-bond acceptors (Lipinski definition) is 6. The van der Waals surface area contributed by atoms with E-state index >= 15 is 0 Å². The van der Waals surface area contributed by atoms with Gasteiger partial charge in [-0.25, -0.2) is 9.67 Å². The molecule has 2 aliphatic rings. The number of hydrogen-bond donors (Lipinski definition) is 1. The lowest BCUT2D eigenvalue weighted by atomic mass is 10.0. The average molecular weight is 410 g/mol. The third-order valence-corrected chi connectivity index (χ3v) is 5.90. The third kappa shape index (κ3) is 3.65. The van der Waals surface area contributed by atoms with Gasteiger partial charge < -0.3 is 14.8 Å². The van der Waals surface area contributed by atoms with Crippen LogP contribution in [0, 0.1) is 5.92 Å². The van der Waals surface area contributed by atoms with Gasteiger partial charge in [0.25, 0.3) is 0 Å². The Hall–Kier alpha value is -2.94. The molecule has 0 spiro atoms. The number of aromatic nitrogens is 5. The van der Waals surface area contributed by atoms with Crippen molar-refractivity contribution >= 4 is 16.8 Å². The minimum absolute atomic E-state index is 0.0192. The Bertz CT molecular complexity index is 1070. The van der Waals surface area contributed by atoms with Gasteiger partial charge in [-0.2, -0.15) is 10.2 Å². The van der Waals surface area contributed by atoms with Gasteiger partial charge in [-0.05, 0) is 32.3 Å². The number of aryl methyl sites for hydroxylation is 1. The molecule has 0 aliphatic carbocycles. The standard InChI is InChI=1S/C21H26N6O3/c1-13(14-7-19(28)22-9-14)30-21-16-12-26(2)25-18(16)8-17(24-21)15-10-23-27(11-15)20-5-3-4-6-29-20/h8,10-14,20H,3-7,9H2,1-2H3,(H,22,28). The number of ether oxygens (including phenoxy) is 2. The third-order valence-electron chi connectivity index (χ3n) is 5.90. The summed E-state index contributed by atoms with van der Waals surface area (Å²) < 4.78 is 15.7. The van der Waals surface area contributed by atoms with E-state index in [9.17, 15) is 4.79 Å². The molecule has 2 aliphatic heterocycles. The molecule has 0 saturated carbocycles. The second kappa shape index (κ2) is 7.71. The molecule has 3 atom stereocenters. The summed E-state index contributed by atoms with van der Waals surface area (Å²) in [4.78, 5) is 16.4. The molecular formula is C21H26N6O3. The molecule has 0 radical (unpaired) electrons. The van der Waals surface area contributed by atoms with E-state index in [-0.39, 0.29) is 24.2 Å². The van der Waals surface area contributed by atoms with E-state index in [0.29, 0.717) is 18.8 Å². The van der Waals surface area contributed by atoms with Crippen LogP contribution >= 0.6 is 0 Å². The van der Waals surface area contributed by atoms with Crippen molar-refractivity contribution in [2.75, 3.05) is 13.2 Å². The van der Waals surface area contributed by atoms with Crippen LogP contribution in [0.25, 0.3) is 22.2 Å². The van der Waals surface area contributed by atoms with Crippen molar-refractivity contribution in [2.45, 2.75) is 44.9 Å². The van der Waals surface area contributed by atoms with Gasteiger partial charge in [0.15, 0.2) is 0 Å². The Morgan fingerprint density at radius 2 is 2.23 bits per heavy atom. The van der Waals surface area contributed by atoms with Gasteiger partial charge >= 0.3 is 0 Å². The Balaban J connectivity index is 1.46. The fourth-order valence-corrected chi connectivity index (χ4v) is 4.14. The highest BCUT2D eigenvalue weighted by Crippen LogP contribution is 2.31. The highest BCUT2D eigenvalue weighted by atomic mass is 16.5. The van der Waals surface area contributed by atoms with Crippen molar-refractivity contribution < 1.29 is 14.3 Å². The maximum atomic E-state index is 11.6. The zero-order valence-corrected chi connectivity index (χ0v) is 17.2. The number of pyridine rings is 1. The molecule has 2 fully saturated rings. The van der Waals surface area contributed by atoms with Crippen molar-refractivity contribution in [1.29, 1.82) is 0 Å². The van der Waals surface area contributed by atoms with E-state index < -0.39 is 0 Å². The summed E-state index contributed by atoms with van der Waals surface area (Å²) in [6.07, 6.45) is 9.21. The van der Waals surface area contributed by atoms with Gasteiger partial charge in [-0.1, -0.05) is 0 Å². The normalized spacial score (nSPS) is 22.9. The van der Waals surface area contributed by atoms with Crippen LogP contribution in [0.5, 0.6) is 5.88 Å². The Morgan fingerprint density at radius 1 is 1.33 bits per heavy atom. The Kier molecular flexibility index (Phi) is 4.90. The number of fused-ring (bicyclic) bond motifs is 1. The van der Waals surface area contributed by atoms with Gasteiger partial charge in [-0.15, -0.1) is 0 Å². The Labute approximate surface area is 174 Å². The number of amides is 1. The number of carbonyl (C=O) groups is 1. The van der Waals surface area contributed by atoms with E-state index in [0.717, 1.165) is 48.0 Å². The summed E-state index contributed by atoms with van der Waals surface area (Å²) in [5.41, 5.74) is 2.46. The molecule has 5 heterocycles. The second-order valence-corrected chi connectivity index (χ2v) is 8.17. The Morgan fingerprint density at radius 3 is 3.00 bits per heavy atom. The van der Waals surface area contributed by atoms with Crippen LogP contribution in [-0.4, -0.2) is 49.7 Å². The average Bonchev–Trinajstić information content (AvgIpc) is 3.47. The molecule has 0 aromatic carbocycles. The lowest BCUT2D eigenvalue weighted by Crippen LogP contribution is -2.26.